The molecular formula is C30H38N2O4. The predicted molar refractivity (Wildman–Crippen MR) is 143 cm³/mol. The van der Waals surface area contributed by atoms with Crippen LogP contribution in [0.1, 0.15) is 59.1 Å². The number of nitrogens with zero attached hydrogens (tertiary/aromatic N) is 1. The number of esters is 1. The Kier molecular flexibility index (Phi) is 8.39. The summed E-state index contributed by atoms with van der Waals surface area (Å²) in [5, 5.41) is 3.02. The Hall–Kier alpha value is -3.41. The van der Waals surface area contributed by atoms with E-state index < -0.39 is 29.4 Å². The second-order valence-electron chi connectivity index (χ2n) is 10.8. The molecule has 3 atom stereocenters. The van der Waals surface area contributed by atoms with Crippen LogP contribution < -0.4 is 10.2 Å². The number of amides is 2. The maximum atomic E-state index is 13.9. The van der Waals surface area contributed by atoms with Crippen LogP contribution in [0.2, 0.25) is 0 Å². The number of fused-ring (bicyclic) bond motifs is 3. The summed E-state index contributed by atoms with van der Waals surface area (Å²) in [6.45, 7) is 13.2. The van der Waals surface area contributed by atoms with Crippen molar-refractivity contribution in [3.05, 3.63) is 66.7 Å². The number of carbonyl (C=O) groups excluding carboxylic acids is 3. The SMILES string of the molecule is C=CC[C@H](C(=O)OC(C)(C)C)[C@@H](CC(C)C)C(=O)NC1C(=O)N(C)c2ccccc2-c2ccccc21. The molecule has 0 saturated carbocycles. The van der Waals surface area contributed by atoms with Crippen LogP contribution in [0.3, 0.4) is 0 Å². The first kappa shape index (κ1) is 27.2. The predicted octanol–water partition coefficient (Wildman–Crippen LogP) is 5.68. The number of anilines is 1. The number of hydrogen-bond acceptors (Lipinski definition) is 4. The fourth-order valence-corrected chi connectivity index (χ4v) is 4.77. The highest BCUT2D eigenvalue weighted by Gasteiger charge is 2.39. The summed E-state index contributed by atoms with van der Waals surface area (Å²) in [5.41, 5.74) is 2.65. The number of rotatable bonds is 8. The van der Waals surface area contributed by atoms with Gasteiger partial charge in [-0.1, -0.05) is 62.4 Å². The van der Waals surface area contributed by atoms with Gasteiger partial charge < -0.3 is 15.0 Å². The molecule has 6 nitrogen and oxygen atoms in total. The summed E-state index contributed by atoms with van der Waals surface area (Å²) >= 11 is 0. The molecule has 0 fully saturated rings. The van der Waals surface area contributed by atoms with Crippen molar-refractivity contribution in [2.45, 2.75) is 59.1 Å². The molecule has 2 aromatic rings. The first-order chi connectivity index (χ1) is 16.9. The lowest BCUT2D eigenvalue weighted by Gasteiger charge is -2.30. The molecule has 192 valence electrons. The minimum atomic E-state index is -0.885. The van der Waals surface area contributed by atoms with Gasteiger partial charge in [0, 0.05) is 12.6 Å². The molecule has 0 bridgehead atoms. The number of ether oxygens (including phenoxy) is 1. The Balaban J connectivity index is 2.01. The van der Waals surface area contributed by atoms with E-state index in [1.54, 1.807) is 18.0 Å². The van der Waals surface area contributed by atoms with Gasteiger partial charge in [0.1, 0.15) is 11.6 Å². The van der Waals surface area contributed by atoms with Crippen molar-refractivity contribution in [2.75, 3.05) is 11.9 Å². The topological polar surface area (TPSA) is 75.7 Å². The molecule has 1 aliphatic heterocycles. The molecule has 2 amide bonds. The van der Waals surface area contributed by atoms with Gasteiger partial charge in [-0.25, -0.2) is 0 Å². The van der Waals surface area contributed by atoms with Crippen LogP contribution in [0.25, 0.3) is 11.1 Å². The summed E-state index contributed by atoms with van der Waals surface area (Å²) in [6.07, 6.45) is 2.42. The van der Waals surface area contributed by atoms with E-state index in [2.05, 4.69) is 11.9 Å². The molecule has 1 unspecified atom stereocenters. The number of hydrogen-bond donors (Lipinski definition) is 1. The van der Waals surface area contributed by atoms with Crippen LogP contribution in [0.15, 0.2) is 61.2 Å². The summed E-state index contributed by atoms with van der Waals surface area (Å²) in [7, 11) is 1.72. The van der Waals surface area contributed by atoms with Crippen molar-refractivity contribution in [3.8, 4) is 11.1 Å². The van der Waals surface area contributed by atoms with Crippen molar-refractivity contribution in [2.24, 2.45) is 17.8 Å². The molecule has 36 heavy (non-hydrogen) atoms. The van der Waals surface area contributed by atoms with Crippen LogP contribution in [-0.2, 0) is 19.1 Å². The minimum Gasteiger partial charge on any atom is -0.460 e. The summed E-state index contributed by atoms with van der Waals surface area (Å²) < 4.78 is 5.67. The van der Waals surface area contributed by atoms with Crippen molar-refractivity contribution in [3.63, 3.8) is 0 Å². The highest BCUT2D eigenvalue weighted by Crippen LogP contribution is 2.40. The average molecular weight is 491 g/mol. The monoisotopic (exact) mass is 490 g/mol. The summed E-state index contributed by atoms with van der Waals surface area (Å²) in [4.78, 5) is 42.3. The van der Waals surface area contributed by atoms with Gasteiger partial charge in [-0.05, 0) is 56.7 Å². The van der Waals surface area contributed by atoms with Crippen LogP contribution in [0.4, 0.5) is 5.69 Å². The van der Waals surface area contributed by atoms with E-state index in [9.17, 15) is 14.4 Å². The lowest BCUT2D eigenvalue weighted by molar-refractivity contribution is -0.164. The number of nitrogens with one attached hydrogen (secondary N) is 1. The molecule has 1 heterocycles. The Bertz CT molecular complexity index is 1130. The van der Waals surface area contributed by atoms with Gasteiger partial charge in [-0.15, -0.1) is 6.58 Å². The van der Waals surface area contributed by atoms with Gasteiger partial charge in [0.25, 0.3) is 5.91 Å². The number of carbonyl (C=O) groups is 3. The highest BCUT2D eigenvalue weighted by atomic mass is 16.6. The summed E-state index contributed by atoms with van der Waals surface area (Å²) in [6, 6.07) is 14.5. The van der Waals surface area contributed by atoms with Gasteiger partial charge in [-0.2, -0.15) is 0 Å². The third-order valence-electron chi connectivity index (χ3n) is 6.37. The highest BCUT2D eigenvalue weighted by molar-refractivity contribution is 6.06. The standard InChI is InChI=1S/C30H38N2O4/c1-8-13-23(29(35)36-30(4,5)6)24(18-19(2)3)27(33)31-26-22-16-10-9-14-20(22)21-15-11-12-17-25(21)32(7)28(26)34/h8-12,14-17,19,23-24,26H,1,13,18H2,2-7H3,(H,31,33)/t23-,24+,26?/m0/s1. The van der Waals surface area contributed by atoms with E-state index in [0.29, 0.717) is 12.8 Å². The van der Waals surface area contributed by atoms with E-state index in [-0.39, 0.29) is 17.7 Å². The second-order valence-corrected chi connectivity index (χ2v) is 10.8. The van der Waals surface area contributed by atoms with E-state index in [1.807, 2.05) is 83.1 Å². The second kappa shape index (κ2) is 11.1. The van der Waals surface area contributed by atoms with Gasteiger partial charge in [0.15, 0.2) is 0 Å². The largest absolute Gasteiger partial charge is 0.460 e. The lowest BCUT2D eigenvalue weighted by atomic mass is 9.82. The first-order valence-corrected chi connectivity index (χ1v) is 12.5. The molecule has 1 aliphatic rings. The van der Waals surface area contributed by atoms with Gasteiger partial charge in [0.05, 0.1) is 17.5 Å². The van der Waals surface area contributed by atoms with E-state index in [1.165, 1.54) is 0 Å². The zero-order valence-electron chi connectivity index (χ0n) is 22.2. The molecule has 0 aliphatic carbocycles. The quantitative estimate of drug-likeness (QED) is 0.381. The zero-order valence-corrected chi connectivity index (χ0v) is 22.2. The lowest BCUT2D eigenvalue weighted by Crippen LogP contribution is -2.46. The average Bonchev–Trinajstić information content (AvgIpc) is 2.90. The number of allylic oxidation sites excluding steroid dienone is 1. The zero-order chi connectivity index (χ0) is 26.6. The molecule has 1 N–H and O–H groups in total. The Morgan fingerprint density at radius 2 is 1.67 bits per heavy atom. The minimum absolute atomic E-state index is 0.152. The maximum Gasteiger partial charge on any atom is 0.310 e. The molecule has 0 saturated heterocycles. The van der Waals surface area contributed by atoms with Crippen LogP contribution in [-0.4, -0.2) is 30.4 Å². The molecule has 2 aromatic carbocycles. The smallest absolute Gasteiger partial charge is 0.310 e. The maximum absolute atomic E-state index is 13.9. The number of likely N-dealkylation sites (N-methyl/N-ethyl adjacent to an activating group) is 1. The summed E-state index contributed by atoms with van der Waals surface area (Å²) in [5.74, 6) is -2.22. The third kappa shape index (κ3) is 6.04. The Labute approximate surface area is 214 Å². The molecule has 0 radical (unpaired) electrons. The van der Waals surface area contributed by atoms with Crippen LogP contribution in [0, 0.1) is 17.8 Å². The first-order valence-electron chi connectivity index (χ1n) is 12.5. The van der Waals surface area contributed by atoms with E-state index >= 15 is 0 Å². The molecular weight excluding hydrogens is 452 g/mol. The Morgan fingerprint density at radius 3 is 2.28 bits per heavy atom. The number of benzene rings is 2. The molecule has 3 rings (SSSR count). The van der Waals surface area contributed by atoms with E-state index in [0.717, 1.165) is 22.4 Å². The van der Waals surface area contributed by atoms with Crippen LogP contribution in [0.5, 0.6) is 0 Å². The Morgan fingerprint density at radius 1 is 1.06 bits per heavy atom. The van der Waals surface area contributed by atoms with Crippen LogP contribution >= 0.6 is 0 Å². The van der Waals surface area contributed by atoms with Gasteiger partial charge >= 0.3 is 5.97 Å². The number of para-hydroxylation sites is 1. The third-order valence-corrected chi connectivity index (χ3v) is 6.37. The van der Waals surface area contributed by atoms with Gasteiger partial charge in [-0.3, -0.25) is 14.4 Å². The van der Waals surface area contributed by atoms with Crippen molar-refractivity contribution < 1.29 is 19.1 Å². The molecule has 0 spiro atoms. The molecule has 6 heteroatoms. The van der Waals surface area contributed by atoms with Gasteiger partial charge in [0.2, 0.25) is 5.91 Å². The fourth-order valence-electron chi connectivity index (χ4n) is 4.77. The van der Waals surface area contributed by atoms with Crippen molar-refractivity contribution in [1.29, 1.82) is 0 Å². The normalized spacial score (nSPS) is 16.9. The van der Waals surface area contributed by atoms with Crippen molar-refractivity contribution >= 4 is 23.5 Å². The van der Waals surface area contributed by atoms with E-state index in [4.69, 9.17) is 4.74 Å². The van der Waals surface area contributed by atoms with Crippen molar-refractivity contribution in [1.82, 2.24) is 5.32 Å². The fraction of sp³-hybridized carbons (Fsp3) is 0.433. The molecule has 0 aromatic heterocycles.